The van der Waals surface area contributed by atoms with Crippen LogP contribution in [-0.4, -0.2) is 38.0 Å². The summed E-state index contributed by atoms with van der Waals surface area (Å²) >= 11 is 5.65. The molecule has 0 spiro atoms. The summed E-state index contributed by atoms with van der Waals surface area (Å²) in [6.07, 6.45) is 0. The minimum Gasteiger partial charge on any atom is -0.370 e. The smallest absolute Gasteiger partial charge is 0.171 e. The molecule has 2 aromatic carbocycles. The van der Waals surface area contributed by atoms with E-state index in [9.17, 15) is 0 Å². The number of quaternary nitrogens is 1. The number of rotatable bonds is 5. The molecule has 2 aromatic rings. The van der Waals surface area contributed by atoms with Crippen LogP contribution in [-0.2, 0) is 4.74 Å². The summed E-state index contributed by atoms with van der Waals surface area (Å²) in [7, 11) is 0. The van der Waals surface area contributed by atoms with E-state index in [0.717, 1.165) is 38.5 Å². The Labute approximate surface area is 167 Å². The molecule has 1 saturated heterocycles. The number of hydrogen-bond donors (Lipinski definition) is 3. The normalized spacial score (nSPS) is 16.0. The van der Waals surface area contributed by atoms with Crippen molar-refractivity contribution in [1.82, 2.24) is 5.32 Å². The molecular formula is C22H30N3OS+. The standard InChI is InChI=1S/C22H29N3OS/c1-16-5-8-19(9-6-16)21(15-25-10-12-26-13-11-25)24-22(27)23-20-14-17(2)4-7-18(20)3/h4-9,14,21H,10-13,15H2,1-3H3,(H2,23,24,27)/p+1/t21-/m0/s1. The zero-order valence-electron chi connectivity index (χ0n) is 16.5. The van der Waals surface area contributed by atoms with Crippen LogP contribution < -0.4 is 15.5 Å². The zero-order chi connectivity index (χ0) is 19.2. The molecule has 4 nitrogen and oxygen atoms in total. The third-order valence-electron chi connectivity index (χ3n) is 5.12. The van der Waals surface area contributed by atoms with Gasteiger partial charge in [0.25, 0.3) is 0 Å². The maximum Gasteiger partial charge on any atom is 0.171 e. The summed E-state index contributed by atoms with van der Waals surface area (Å²) in [5, 5.41) is 7.61. The fraction of sp³-hybridized carbons (Fsp3) is 0.409. The fourth-order valence-corrected chi connectivity index (χ4v) is 3.64. The summed E-state index contributed by atoms with van der Waals surface area (Å²) < 4.78 is 5.51. The van der Waals surface area contributed by atoms with Gasteiger partial charge in [-0.3, -0.25) is 0 Å². The Morgan fingerprint density at radius 1 is 1.04 bits per heavy atom. The fourth-order valence-electron chi connectivity index (χ4n) is 3.39. The molecule has 5 heteroatoms. The largest absolute Gasteiger partial charge is 0.370 e. The molecule has 0 aromatic heterocycles. The van der Waals surface area contributed by atoms with Gasteiger partial charge in [0.1, 0.15) is 25.7 Å². The van der Waals surface area contributed by atoms with E-state index in [1.54, 1.807) is 4.90 Å². The third kappa shape index (κ3) is 5.76. The van der Waals surface area contributed by atoms with E-state index in [1.807, 2.05) is 0 Å². The van der Waals surface area contributed by atoms with Crippen molar-refractivity contribution in [3.8, 4) is 0 Å². The average Bonchev–Trinajstić information content (AvgIpc) is 2.66. The number of hydrogen-bond acceptors (Lipinski definition) is 2. The number of thiocarbonyl (C=S) groups is 1. The number of benzene rings is 2. The highest BCUT2D eigenvalue weighted by atomic mass is 32.1. The minimum absolute atomic E-state index is 0.170. The minimum atomic E-state index is 0.170. The highest BCUT2D eigenvalue weighted by Crippen LogP contribution is 2.17. The van der Waals surface area contributed by atoms with Crippen LogP contribution >= 0.6 is 12.2 Å². The van der Waals surface area contributed by atoms with Crippen molar-refractivity contribution in [2.24, 2.45) is 0 Å². The summed E-state index contributed by atoms with van der Waals surface area (Å²) in [6, 6.07) is 15.3. The Morgan fingerprint density at radius 3 is 2.41 bits per heavy atom. The lowest BCUT2D eigenvalue weighted by molar-refractivity contribution is -0.909. The number of nitrogens with one attached hydrogen (secondary N) is 3. The van der Waals surface area contributed by atoms with E-state index < -0.39 is 0 Å². The molecule has 1 fully saturated rings. The van der Waals surface area contributed by atoms with E-state index >= 15 is 0 Å². The molecule has 3 rings (SSSR count). The first kappa shape index (κ1) is 19.8. The quantitative estimate of drug-likeness (QED) is 0.693. The van der Waals surface area contributed by atoms with Gasteiger partial charge in [0.05, 0.1) is 13.2 Å². The molecule has 0 radical (unpaired) electrons. The van der Waals surface area contributed by atoms with Gasteiger partial charge >= 0.3 is 0 Å². The van der Waals surface area contributed by atoms with Gasteiger partial charge in [-0.1, -0.05) is 42.0 Å². The van der Waals surface area contributed by atoms with Crippen molar-refractivity contribution in [2.45, 2.75) is 26.8 Å². The SMILES string of the molecule is Cc1ccc([C@H](C[NH+]2CCOCC2)NC(=S)Nc2cc(C)ccc2C)cc1. The monoisotopic (exact) mass is 384 g/mol. The van der Waals surface area contributed by atoms with Crippen LogP contribution in [0.25, 0.3) is 0 Å². The van der Waals surface area contributed by atoms with Crippen LogP contribution in [0.4, 0.5) is 5.69 Å². The van der Waals surface area contributed by atoms with E-state index in [0.29, 0.717) is 5.11 Å². The predicted molar refractivity (Wildman–Crippen MR) is 116 cm³/mol. The first-order chi connectivity index (χ1) is 13.0. The highest BCUT2D eigenvalue weighted by molar-refractivity contribution is 7.80. The first-order valence-corrected chi connectivity index (χ1v) is 10.0. The number of anilines is 1. The Morgan fingerprint density at radius 2 is 1.70 bits per heavy atom. The second-order valence-corrected chi connectivity index (χ2v) is 7.85. The van der Waals surface area contributed by atoms with Crippen molar-refractivity contribution >= 4 is 23.0 Å². The van der Waals surface area contributed by atoms with Gasteiger partial charge in [-0.05, 0) is 55.7 Å². The zero-order valence-corrected chi connectivity index (χ0v) is 17.3. The molecule has 1 atom stereocenters. The topological polar surface area (TPSA) is 37.7 Å². The molecule has 144 valence electrons. The summed E-state index contributed by atoms with van der Waals surface area (Å²) in [4.78, 5) is 1.55. The van der Waals surface area contributed by atoms with Crippen LogP contribution in [0.2, 0.25) is 0 Å². The Hall–Kier alpha value is -1.95. The molecule has 1 aliphatic heterocycles. The molecule has 3 N–H and O–H groups in total. The van der Waals surface area contributed by atoms with Gasteiger partial charge in [0.15, 0.2) is 5.11 Å². The van der Waals surface area contributed by atoms with E-state index in [4.69, 9.17) is 17.0 Å². The average molecular weight is 385 g/mol. The molecule has 0 saturated carbocycles. The highest BCUT2D eigenvalue weighted by Gasteiger charge is 2.22. The third-order valence-corrected chi connectivity index (χ3v) is 5.34. The van der Waals surface area contributed by atoms with Crippen LogP contribution in [0, 0.1) is 20.8 Å². The second kappa shape index (κ2) is 9.31. The molecular weight excluding hydrogens is 354 g/mol. The lowest BCUT2D eigenvalue weighted by Gasteiger charge is -2.29. The predicted octanol–water partition coefficient (Wildman–Crippen LogP) is 2.55. The van der Waals surface area contributed by atoms with E-state index in [2.05, 4.69) is 73.9 Å². The van der Waals surface area contributed by atoms with E-state index in [-0.39, 0.29) is 6.04 Å². The van der Waals surface area contributed by atoms with Crippen molar-refractivity contribution < 1.29 is 9.64 Å². The van der Waals surface area contributed by atoms with Crippen molar-refractivity contribution in [3.05, 3.63) is 64.7 Å². The number of ether oxygens (including phenoxy) is 1. The molecule has 1 heterocycles. The molecule has 0 amide bonds. The van der Waals surface area contributed by atoms with E-state index in [1.165, 1.54) is 22.3 Å². The van der Waals surface area contributed by atoms with Gasteiger partial charge in [-0.15, -0.1) is 0 Å². The Kier molecular flexibility index (Phi) is 6.83. The van der Waals surface area contributed by atoms with Gasteiger partial charge in [-0.2, -0.15) is 0 Å². The maximum atomic E-state index is 5.65. The molecule has 0 unspecified atom stereocenters. The van der Waals surface area contributed by atoms with Crippen LogP contribution in [0.5, 0.6) is 0 Å². The molecule has 1 aliphatic rings. The lowest BCUT2D eigenvalue weighted by Crippen LogP contribution is -3.14. The summed E-state index contributed by atoms with van der Waals surface area (Å²) in [5.41, 5.74) is 6.01. The number of aryl methyl sites for hydroxylation is 3. The second-order valence-electron chi connectivity index (χ2n) is 7.45. The van der Waals surface area contributed by atoms with Gasteiger partial charge in [0.2, 0.25) is 0 Å². The molecule has 0 aliphatic carbocycles. The first-order valence-electron chi connectivity index (χ1n) is 9.64. The maximum absolute atomic E-state index is 5.65. The van der Waals surface area contributed by atoms with Crippen molar-refractivity contribution in [1.29, 1.82) is 0 Å². The Bertz CT molecular complexity index is 770. The summed E-state index contributed by atoms with van der Waals surface area (Å²) in [5.74, 6) is 0. The van der Waals surface area contributed by atoms with Crippen LogP contribution in [0.1, 0.15) is 28.3 Å². The van der Waals surface area contributed by atoms with Crippen molar-refractivity contribution in [2.75, 3.05) is 38.2 Å². The molecule has 0 bridgehead atoms. The molecule has 27 heavy (non-hydrogen) atoms. The van der Waals surface area contributed by atoms with Crippen LogP contribution in [0.15, 0.2) is 42.5 Å². The van der Waals surface area contributed by atoms with Gasteiger partial charge < -0.3 is 20.3 Å². The van der Waals surface area contributed by atoms with Gasteiger partial charge in [-0.25, -0.2) is 0 Å². The van der Waals surface area contributed by atoms with Crippen LogP contribution in [0.3, 0.4) is 0 Å². The van der Waals surface area contributed by atoms with Gasteiger partial charge in [0, 0.05) is 5.69 Å². The summed E-state index contributed by atoms with van der Waals surface area (Å²) in [6.45, 7) is 11.1. The lowest BCUT2D eigenvalue weighted by atomic mass is 10.0. The Balaban J connectivity index is 1.72. The van der Waals surface area contributed by atoms with Crippen molar-refractivity contribution in [3.63, 3.8) is 0 Å². The number of morpholine rings is 1.